The largest absolute Gasteiger partial charge is 0.313 e. The number of hydrogen-bond acceptors (Lipinski definition) is 4. The average molecular weight is 308 g/mol. The minimum atomic E-state index is 0.649. The maximum Gasteiger partial charge on any atom is 0.105 e. The quantitative estimate of drug-likeness (QED) is 0.816. The topological polar surface area (TPSA) is 37.8 Å². The van der Waals surface area contributed by atoms with Gasteiger partial charge in [-0.15, -0.1) is 0 Å². The molecule has 5 heteroatoms. The predicted octanol–water partition coefficient (Wildman–Crippen LogP) is 4.09. The van der Waals surface area contributed by atoms with Crippen LogP contribution in [0.3, 0.4) is 0 Å². The third-order valence-corrected chi connectivity index (χ3v) is 4.04. The van der Waals surface area contributed by atoms with Crippen LogP contribution in [0.4, 0.5) is 0 Å². The Kier molecular flexibility index (Phi) is 5.83. The first-order valence-electron chi connectivity index (χ1n) is 6.64. The summed E-state index contributed by atoms with van der Waals surface area (Å²) in [5.41, 5.74) is 2.38. The predicted molar refractivity (Wildman–Crippen MR) is 84.3 cm³/mol. The van der Waals surface area contributed by atoms with Gasteiger partial charge in [0.25, 0.3) is 0 Å². The van der Waals surface area contributed by atoms with Gasteiger partial charge in [-0.25, -0.2) is 9.97 Å². The van der Waals surface area contributed by atoms with Crippen LogP contribution in [0.5, 0.6) is 0 Å². The van der Waals surface area contributed by atoms with Gasteiger partial charge in [-0.1, -0.05) is 24.6 Å². The molecule has 1 N–H and O–H groups in total. The van der Waals surface area contributed by atoms with Gasteiger partial charge in [-0.05, 0) is 54.9 Å². The smallest absolute Gasteiger partial charge is 0.105 e. The number of pyridine rings is 2. The van der Waals surface area contributed by atoms with Gasteiger partial charge < -0.3 is 5.32 Å². The van der Waals surface area contributed by atoms with E-state index in [2.05, 4.69) is 35.2 Å². The first-order chi connectivity index (χ1) is 9.69. The maximum atomic E-state index is 5.83. The fraction of sp³-hybridized carbons (Fsp3) is 0.333. The number of hydrogen-bond donors (Lipinski definition) is 1. The lowest BCUT2D eigenvalue weighted by Gasteiger charge is -2.08. The Hall–Kier alpha value is -1.10. The van der Waals surface area contributed by atoms with Crippen molar-refractivity contribution in [2.75, 3.05) is 6.54 Å². The minimum absolute atomic E-state index is 0.649. The summed E-state index contributed by atoms with van der Waals surface area (Å²) in [7, 11) is 0. The number of halogens is 1. The first kappa shape index (κ1) is 15.3. The van der Waals surface area contributed by atoms with Crippen molar-refractivity contribution in [1.82, 2.24) is 15.3 Å². The Bertz CT molecular complexity index is 558. The molecule has 3 nitrogen and oxygen atoms in total. The molecule has 2 heterocycles. The van der Waals surface area contributed by atoms with Crippen molar-refractivity contribution in [3.8, 4) is 0 Å². The number of rotatable bonds is 6. The summed E-state index contributed by atoms with van der Waals surface area (Å²) in [6.45, 7) is 6.14. The zero-order valence-electron chi connectivity index (χ0n) is 11.7. The molecule has 0 fully saturated rings. The summed E-state index contributed by atoms with van der Waals surface area (Å²) in [5.74, 6) is 0. The summed E-state index contributed by atoms with van der Waals surface area (Å²) in [4.78, 5) is 8.80. The van der Waals surface area contributed by atoms with E-state index < -0.39 is 0 Å². The molecular weight excluding hydrogens is 290 g/mol. The van der Waals surface area contributed by atoms with Gasteiger partial charge in [0.1, 0.15) is 10.1 Å². The van der Waals surface area contributed by atoms with Crippen LogP contribution in [0.2, 0.25) is 5.02 Å². The van der Waals surface area contributed by atoms with Crippen LogP contribution in [0.1, 0.15) is 24.5 Å². The molecule has 0 aromatic carbocycles. The number of aromatic nitrogens is 2. The van der Waals surface area contributed by atoms with Gasteiger partial charge in [0.15, 0.2) is 0 Å². The highest BCUT2D eigenvalue weighted by atomic mass is 35.5. The Morgan fingerprint density at radius 2 is 2.10 bits per heavy atom. The van der Waals surface area contributed by atoms with Crippen LogP contribution in [-0.2, 0) is 6.54 Å². The van der Waals surface area contributed by atoms with E-state index in [4.69, 9.17) is 11.6 Å². The highest BCUT2D eigenvalue weighted by Crippen LogP contribution is 2.27. The molecule has 0 radical (unpaired) electrons. The van der Waals surface area contributed by atoms with Crippen LogP contribution in [-0.4, -0.2) is 16.5 Å². The maximum absolute atomic E-state index is 5.83. The lowest BCUT2D eigenvalue weighted by Crippen LogP contribution is -2.14. The van der Waals surface area contributed by atoms with Crippen molar-refractivity contribution in [2.45, 2.75) is 36.9 Å². The third kappa shape index (κ3) is 4.47. The molecule has 0 saturated carbocycles. The van der Waals surface area contributed by atoms with Crippen LogP contribution < -0.4 is 5.32 Å². The van der Waals surface area contributed by atoms with Gasteiger partial charge >= 0.3 is 0 Å². The van der Waals surface area contributed by atoms with E-state index in [0.717, 1.165) is 29.6 Å². The van der Waals surface area contributed by atoms with E-state index in [-0.39, 0.29) is 0 Å². The molecule has 0 spiro atoms. The van der Waals surface area contributed by atoms with Crippen LogP contribution in [0, 0.1) is 6.92 Å². The van der Waals surface area contributed by atoms with Crippen LogP contribution in [0.15, 0.2) is 40.6 Å². The second-order valence-corrected chi connectivity index (χ2v) is 6.00. The second-order valence-electron chi connectivity index (χ2n) is 4.56. The summed E-state index contributed by atoms with van der Waals surface area (Å²) >= 11 is 7.39. The molecule has 0 unspecified atom stereocenters. The fourth-order valence-electron chi connectivity index (χ4n) is 1.76. The van der Waals surface area contributed by atoms with E-state index in [1.165, 1.54) is 11.1 Å². The summed E-state index contributed by atoms with van der Waals surface area (Å²) in [6, 6.07) is 5.92. The van der Waals surface area contributed by atoms with E-state index in [9.17, 15) is 0 Å². The van der Waals surface area contributed by atoms with E-state index >= 15 is 0 Å². The molecule has 0 aliphatic heterocycles. The lowest BCUT2D eigenvalue weighted by molar-refractivity contribution is 0.672. The molecule has 2 rings (SSSR count). The Labute approximate surface area is 129 Å². The average Bonchev–Trinajstić information content (AvgIpc) is 2.44. The molecule has 0 amide bonds. The first-order valence-corrected chi connectivity index (χ1v) is 7.84. The Morgan fingerprint density at radius 3 is 2.75 bits per heavy atom. The zero-order chi connectivity index (χ0) is 14.4. The second kappa shape index (κ2) is 7.62. The summed E-state index contributed by atoms with van der Waals surface area (Å²) in [5, 5.41) is 5.92. The number of nitrogens with zero attached hydrogens (tertiary/aromatic N) is 2. The highest BCUT2D eigenvalue weighted by molar-refractivity contribution is 7.99. The molecular formula is C15H18ClN3S. The monoisotopic (exact) mass is 307 g/mol. The SMILES string of the molecule is CCCNCc1cnc(Sc2ccc(Cl)cn2)c(C)c1. The number of nitrogens with one attached hydrogen (secondary N) is 1. The molecule has 2 aromatic rings. The van der Waals surface area contributed by atoms with Crippen molar-refractivity contribution < 1.29 is 0 Å². The van der Waals surface area contributed by atoms with Crippen molar-refractivity contribution in [3.05, 3.63) is 46.7 Å². The Morgan fingerprint density at radius 1 is 1.25 bits per heavy atom. The highest BCUT2D eigenvalue weighted by Gasteiger charge is 2.05. The molecule has 0 saturated heterocycles. The zero-order valence-corrected chi connectivity index (χ0v) is 13.3. The van der Waals surface area contributed by atoms with Crippen LogP contribution >= 0.6 is 23.4 Å². The van der Waals surface area contributed by atoms with Gasteiger partial charge in [0, 0.05) is 18.9 Å². The summed E-state index contributed by atoms with van der Waals surface area (Å²) < 4.78 is 0. The third-order valence-electron chi connectivity index (χ3n) is 2.74. The van der Waals surface area contributed by atoms with Gasteiger partial charge in [-0.3, -0.25) is 0 Å². The van der Waals surface area contributed by atoms with Gasteiger partial charge in [0.05, 0.1) is 5.02 Å². The van der Waals surface area contributed by atoms with Gasteiger partial charge in [0.2, 0.25) is 0 Å². The molecule has 20 heavy (non-hydrogen) atoms. The minimum Gasteiger partial charge on any atom is -0.313 e. The molecule has 2 aromatic heterocycles. The lowest BCUT2D eigenvalue weighted by atomic mass is 10.2. The Balaban J connectivity index is 2.03. The molecule has 0 aliphatic rings. The molecule has 106 valence electrons. The summed E-state index contributed by atoms with van der Waals surface area (Å²) in [6.07, 6.45) is 4.72. The van der Waals surface area contributed by atoms with Crippen molar-refractivity contribution in [2.24, 2.45) is 0 Å². The number of aryl methyl sites for hydroxylation is 1. The fourth-order valence-corrected chi connectivity index (χ4v) is 2.63. The van der Waals surface area contributed by atoms with Crippen LogP contribution in [0.25, 0.3) is 0 Å². The van der Waals surface area contributed by atoms with Crippen molar-refractivity contribution >= 4 is 23.4 Å². The van der Waals surface area contributed by atoms with E-state index in [1.54, 1.807) is 18.0 Å². The molecule has 0 aliphatic carbocycles. The van der Waals surface area contributed by atoms with Crippen molar-refractivity contribution in [3.63, 3.8) is 0 Å². The normalized spacial score (nSPS) is 10.8. The van der Waals surface area contributed by atoms with Crippen molar-refractivity contribution in [1.29, 1.82) is 0 Å². The van der Waals surface area contributed by atoms with Gasteiger partial charge in [-0.2, -0.15) is 0 Å². The van der Waals surface area contributed by atoms with E-state index in [0.29, 0.717) is 5.02 Å². The molecule has 0 bridgehead atoms. The standard InChI is InChI=1S/C15H18ClN3S/c1-3-6-17-8-12-7-11(2)15(19-9-12)20-14-5-4-13(16)10-18-14/h4-5,7,9-10,17H,3,6,8H2,1-2H3. The van der Waals surface area contributed by atoms with E-state index in [1.807, 2.05) is 18.3 Å². The molecule has 0 atom stereocenters.